The van der Waals surface area contributed by atoms with Gasteiger partial charge < -0.3 is 14.6 Å². The summed E-state index contributed by atoms with van der Waals surface area (Å²) in [6, 6.07) is 14.1. The topological polar surface area (TPSA) is 60.3 Å². The van der Waals surface area contributed by atoms with E-state index in [1.54, 1.807) is 35.9 Å². The number of nitrogens with zero attached hydrogens (tertiary/aromatic N) is 1. The Balaban J connectivity index is 1.79. The number of rotatable bonds is 5. The number of halogens is 1. The molecule has 0 aliphatic carbocycles. The van der Waals surface area contributed by atoms with E-state index in [1.807, 2.05) is 31.2 Å². The molecule has 0 bridgehead atoms. The minimum Gasteiger partial charge on any atom is -0.462 e. The normalized spacial score (nSPS) is 10.7. The van der Waals surface area contributed by atoms with E-state index in [1.165, 1.54) is 0 Å². The summed E-state index contributed by atoms with van der Waals surface area (Å²) in [5, 5.41) is 4.06. The Morgan fingerprint density at radius 2 is 1.81 bits per heavy atom. The molecule has 0 spiro atoms. The first kappa shape index (κ1) is 18.0. The molecule has 0 atom stereocenters. The van der Waals surface area contributed by atoms with Crippen molar-refractivity contribution in [3.63, 3.8) is 0 Å². The van der Waals surface area contributed by atoms with Crippen LogP contribution in [0, 0.1) is 0 Å². The van der Waals surface area contributed by atoms with Crippen LogP contribution in [0.5, 0.6) is 0 Å². The fraction of sp³-hybridized carbons (Fsp3) is 0.200. The zero-order chi connectivity index (χ0) is 18.7. The van der Waals surface area contributed by atoms with E-state index in [0.29, 0.717) is 28.6 Å². The average molecular weight is 371 g/mol. The number of carbonyl (C=O) groups excluding carboxylic acids is 2. The summed E-state index contributed by atoms with van der Waals surface area (Å²) >= 11 is 6.40. The molecular weight excluding hydrogens is 352 g/mol. The van der Waals surface area contributed by atoms with Gasteiger partial charge in [0.05, 0.1) is 17.2 Å². The lowest BCUT2D eigenvalue weighted by Crippen LogP contribution is -2.16. The minimum atomic E-state index is -0.374. The number of fused-ring (bicyclic) bond motifs is 1. The molecule has 2 aromatic carbocycles. The smallest absolute Gasteiger partial charge is 0.338 e. The molecule has 0 saturated carbocycles. The van der Waals surface area contributed by atoms with Gasteiger partial charge in [-0.2, -0.15) is 0 Å². The maximum absolute atomic E-state index is 12.7. The van der Waals surface area contributed by atoms with Crippen LogP contribution < -0.4 is 5.32 Å². The predicted octanol–water partition coefficient (Wildman–Crippen LogP) is 4.65. The summed E-state index contributed by atoms with van der Waals surface area (Å²) < 4.78 is 6.85. The van der Waals surface area contributed by atoms with Gasteiger partial charge in [0.2, 0.25) is 0 Å². The molecule has 0 fully saturated rings. The van der Waals surface area contributed by atoms with Crippen LogP contribution in [0.2, 0.25) is 5.02 Å². The second-order valence-corrected chi connectivity index (χ2v) is 6.28. The number of aryl methyl sites for hydroxylation is 1. The Kier molecular flexibility index (Phi) is 5.28. The van der Waals surface area contributed by atoms with Crippen LogP contribution in [0.3, 0.4) is 0 Å². The van der Waals surface area contributed by atoms with Gasteiger partial charge in [0.1, 0.15) is 5.69 Å². The standard InChI is InChI=1S/C20H19ClN2O3/c1-3-12-26-20(25)13-8-10-14(11-9-13)22-19(24)18-17(21)15-6-4-5-7-16(15)23(18)2/h4-11H,3,12H2,1-2H3,(H,22,24). The molecule has 3 aromatic rings. The van der Waals surface area contributed by atoms with Gasteiger partial charge in [0.25, 0.3) is 5.91 Å². The lowest BCUT2D eigenvalue weighted by molar-refractivity contribution is 0.0505. The fourth-order valence-corrected chi connectivity index (χ4v) is 3.13. The molecule has 3 rings (SSSR count). The van der Waals surface area contributed by atoms with Crippen molar-refractivity contribution in [1.29, 1.82) is 0 Å². The van der Waals surface area contributed by atoms with Gasteiger partial charge >= 0.3 is 5.97 Å². The van der Waals surface area contributed by atoms with Crippen LogP contribution in [0.15, 0.2) is 48.5 Å². The van der Waals surface area contributed by atoms with E-state index in [-0.39, 0.29) is 11.9 Å². The number of carbonyl (C=O) groups is 2. The summed E-state index contributed by atoms with van der Waals surface area (Å²) in [5.41, 5.74) is 2.29. The van der Waals surface area contributed by atoms with Crippen LogP contribution >= 0.6 is 11.6 Å². The summed E-state index contributed by atoms with van der Waals surface area (Å²) in [7, 11) is 1.80. The first-order valence-corrected chi connectivity index (χ1v) is 8.72. The number of para-hydroxylation sites is 1. The number of hydrogen-bond acceptors (Lipinski definition) is 3. The van der Waals surface area contributed by atoms with Crippen LogP contribution in [-0.4, -0.2) is 23.1 Å². The number of hydrogen-bond donors (Lipinski definition) is 1. The van der Waals surface area contributed by atoms with Crippen LogP contribution in [0.25, 0.3) is 10.9 Å². The van der Waals surface area contributed by atoms with Crippen LogP contribution in [-0.2, 0) is 11.8 Å². The number of esters is 1. The molecule has 0 saturated heterocycles. The molecule has 0 aliphatic rings. The van der Waals surface area contributed by atoms with E-state index in [4.69, 9.17) is 16.3 Å². The van der Waals surface area contributed by atoms with Gasteiger partial charge in [-0.3, -0.25) is 4.79 Å². The third-order valence-electron chi connectivity index (χ3n) is 4.08. The van der Waals surface area contributed by atoms with E-state index >= 15 is 0 Å². The Hall–Kier alpha value is -2.79. The van der Waals surface area contributed by atoms with Gasteiger partial charge in [0, 0.05) is 23.6 Å². The maximum Gasteiger partial charge on any atom is 0.338 e. The van der Waals surface area contributed by atoms with Crippen molar-refractivity contribution in [2.75, 3.05) is 11.9 Å². The van der Waals surface area contributed by atoms with Gasteiger partial charge in [-0.15, -0.1) is 0 Å². The summed E-state index contributed by atoms with van der Waals surface area (Å²) in [6.45, 7) is 2.32. The Labute approximate surface area is 156 Å². The molecule has 0 unspecified atom stereocenters. The van der Waals surface area contributed by atoms with Crippen molar-refractivity contribution in [2.24, 2.45) is 7.05 Å². The van der Waals surface area contributed by atoms with Gasteiger partial charge in [0.15, 0.2) is 0 Å². The molecule has 5 nitrogen and oxygen atoms in total. The maximum atomic E-state index is 12.7. The molecule has 26 heavy (non-hydrogen) atoms. The second-order valence-electron chi connectivity index (χ2n) is 5.91. The summed E-state index contributed by atoms with van der Waals surface area (Å²) in [4.78, 5) is 24.5. The lowest BCUT2D eigenvalue weighted by Gasteiger charge is -2.08. The molecule has 1 amide bonds. The number of nitrogens with one attached hydrogen (secondary N) is 1. The van der Waals surface area contributed by atoms with Crippen molar-refractivity contribution in [3.05, 3.63) is 64.8 Å². The quantitative estimate of drug-likeness (QED) is 0.665. The van der Waals surface area contributed by atoms with Crippen LogP contribution in [0.4, 0.5) is 5.69 Å². The number of amides is 1. The van der Waals surface area contributed by atoms with Crippen molar-refractivity contribution in [3.8, 4) is 0 Å². The van der Waals surface area contributed by atoms with Gasteiger partial charge in [-0.05, 0) is 36.8 Å². The van der Waals surface area contributed by atoms with Crippen molar-refractivity contribution < 1.29 is 14.3 Å². The molecule has 6 heteroatoms. The molecule has 134 valence electrons. The largest absolute Gasteiger partial charge is 0.462 e. The Morgan fingerprint density at radius 1 is 1.12 bits per heavy atom. The number of ether oxygens (including phenoxy) is 1. The third kappa shape index (κ3) is 3.44. The summed E-state index contributed by atoms with van der Waals surface area (Å²) in [6.07, 6.45) is 0.770. The lowest BCUT2D eigenvalue weighted by atomic mass is 10.2. The highest BCUT2D eigenvalue weighted by atomic mass is 35.5. The molecule has 1 N–H and O–H groups in total. The van der Waals surface area contributed by atoms with Gasteiger partial charge in [-0.25, -0.2) is 4.79 Å². The first-order valence-electron chi connectivity index (χ1n) is 8.34. The monoisotopic (exact) mass is 370 g/mol. The number of aromatic nitrogens is 1. The molecule has 0 radical (unpaired) electrons. The first-order chi connectivity index (χ1) is 12.5. The van der Waals surface area contributed by atoms with Crippen molar-refractivity contribution in [1.82, 2.24) is 4.57 Å². The number of benzene rings is 2. The zero-order valence-corrected chi connectivity index (χ0v) is 15.3. The molecule has 1 heterocycles. The fourth-order valence-electron chi connectivity index (χ4n) is 2.76. The van der Waals surface area contributed by atoms with E-state index in [2.05, 4.69) is 5.32 Å². The molecular formula is C20H19ClN2O3. The average Bonchev–Trinajstić information content (AvgIpc) is 2.91. The highest BCUT2D eigenvalue weighted by Crippen LogP contribution is 2.30. The highest BCUT2D eigenvalue weighted by molar-refractivity contribution is 6.39. The molecule has 1 aromatic heterocycles. The highest BCUT2D eigenvalue weighted by Gasteiger charge is 2.19. The Morgan fingerprint density at radius 3 is 2.46 bits per heavy atom. The third-order valence-corrected chi connectivity index (χ3v) is 4.46. The van der Waals surface area contributed by atoms with E-state index in [0.717, 1.165) is 17.3 Å². The Bertz CT molecular complexity index is 922. The zero-order valence-electron chi connectivity index (χ0n) is 14.6. The summed E-state index contributed by atoms with van der Waals surface area (Å²) in [5.74, 6) is -0.684. The van der Waals surface area contributed by atoms with Crippen LogP contribution in [0.1, 0.15) is 34.2 Å². The molecule has 0 aliphatic heterocycles. The van der Waals surface area contributed by atoms with Crippen molar-refractivity contribution >= 4 is 40.1 Å². The van der Waals surface area contributed by atoms with E-state index < -0.39 is 0 Å². The second kappa shape index (κ2) is 7.62. The van der Waals surface area contributed by atoms with Gasteiger partial charge in [-0.1, -0.05) is 36.7 Å². The predicted molar refractivity (Wildman–Crippen MR) is 103 cm³/mol. The minimum absolute atomic E-state index is 0.310. The van der Waals surface area contributed by atoms with E-state index in [9.17, 15) is 9.59 Å². The number of anilines is 1. The SMILES string of the molecule is CCCOC(=O)c1ccc(NC(=O)c2c(Cl)c3ccccc3n2C)cc1. The van der Waals surface area contributed by atoms with Crippen molar-refractivity contribution in [2.45, 2.75) is 13.3 Å².